The maximum absolute atomic E-state index is 13.1. The topological polar surface area (TPSA) is 94.7 Å². The monoisotopic (exact) mass is 420 g/mol. The van der Waals surface area contributed by atoms with Crippen molar-refractivity contribution in [3.8, 4) is 0 Å². The van der Waals surface area contributed by atoms with Crippen molar-refractivity contribution >= 4 is 33.9 Å². The summed E-state index contributed by atoms with van der Waals surface area (Å²) < 4.78 is 8.26. The van der Waals surface area contributed by atoms with E-state index >= 15 is 0 Å². The molecule has 1 fully saturated rings. The number of fused-ring (bicyclic) bond motifs is 1. The number of carbonyl (C=O) groups excluding carboxylic acids is 1. The van der Waals surface area contributed by atoms with Crippen molar-refractivity contribution in [3.05, 3.63) is 31.3 Å². The molecule has 0 aliphatic heterocycles. The summed E-state index contributed by atoms with van der Waals surface area (Å²) in [6.45, 7) is 11.7. The lowest BCUT2D eigenvalue weighted by atomic mass is 10.2. The van der Waals surface area contributed by atoms with E-state index in [9.17, 15) is 14.4 Å². The lowest BCUT2D eigenvalue weighted by Crippen LogP contribution is -2.39. The van der Waals surface area contributed by atoms with Gasteiger partial charge >= 0.3 is 11.8 Å². The molecule has 1 amide bonds. The first-order chi connectivity index (χ1) is 13.5. The Bertz CT molecular complexity index is 1090. The summed E-state index contributed by atoms with van der Waals surface area (Å²) in [5.74, 6) is 0.339. The molecule has 0 spiro atoms. The zero-order valence-electron chi connectivity index (χ0n) is 17.7. The Kier molecular flexibility index (Phi) is 5.71. The minimum Gasteiger partial charge on any atom is -0.443 e. The molecule has 1 saturated carbocycles. The van der Waals surface area contributed by atoms with Crippen molar-refractivity contribution in [2.75, 3.05) is 0 Å². The lowest BCUT2D eigenvalue weighted by molar-refractivity contribution is 0.0529. The van der Waals surface area contributed by atoms with Gasteiger partial charge in [-0.15, -0.1) is 11.3 Å². The molecule has 0 aromatic carbocycles. The molecule has 158 valence electrons. The first-order valence-electron chi connectivity index (χ1n) is 9.85. The van der Waals surface area contributed by atoms with Gasteiger partial charge in [-0.3, -0.25) is 13.9 Å². The van der Waals surface area contributed by atoms with Gasteiger partial charge in [0.2, 0.25) is 0 Å². The van der Waals surface area contributed by atoms with Gasteiger partial charge in [0.1, 0.15) is 10.4 Å². The Morgan fingerprint density at radius 2 is 2.03 bits per heavy atom. The Labute approximate surface area is 173 Å². The Morgan fingerprint density at radius 3 is 2.59 bits per heavy atom. The zero-order chi connectivity index (χ0) is 21.5. The summed E-state index contributed by atoms with van der Waals surface area (Å²) >= 11 is 1.33. The van der Waals surface area contributed by atoms with Crippen LogP contribution in [-0.4, -0.2) is 27.0 Å². The average molecular weight is 421 g/mol. The average Bonchev–Trinajstić information content (AvgIpc) is 3.21. The Hall–Kier alpha value is -2.42. The van der Waals surface area contributed by atoms with Crippen LogP contribution in [0.2, 0.25) is 0 Å². The molecule has 2 aromatic heterocycles. The molecule has 1 N–H and O–H groups in total. The second-order valence-corrected chi connectivity index (χ2v) is 9.56. The molecule has 1 aliphatic rings. The van der Waals surface area contributed by atoms with E-state index in [-0.39, 0.29) is 17.3 Å². The molecule has 3 rings (SSSR count). The van der Waals surface area contributed by atoms with E-state index < -0.39 is 11.7 Å². The SMILES string of the molecule is CCCn1c(=O)n([C@H]2C[C@@H]2C)c(=O)c2c(C)c(/C=N/NC(=O)OC(C)(C)C)sc21. The number of amides is 1. The predicted octanol–water partition coefficient (Wildman–Crippen LogP) is 3.38. The van der Waals surface area contributed by atoms with Gasteiger partial charge in [0.15, 0.2) is 0 Å². The third-order valence-corrected chi connectivity index (χ3v) is 6.11. The number of carbonyl (C=O) groups is 1. The number of hydrogen-bond donors (Lipinski definition) is 1. The van der Waals surface area contributed by atoms with Crippen LogP contribution in [0.15, 0.2) is 14.7 Å². The summed E-state index contributed by atoms with van der Waals surface area (Å²) in [6.07, 6.45) is 2.48. The molecular formula is C20H28N4O4S. The van der Waals surface area contributed by atoms with Crippen molar-refractivity contribution in [2.24, 2.45) is 11.0 Å². The van der Waals surface area contributed by atoms with Crippen LogP contribution in [0.3, 0.4) is 0 Å². The summed E-state index contributed by atoms with van der Waals surface area (Å²) in [4.78, 5) is 39.3. The van der Waals surface area contributed by atoms with E-state index in [1.807, 2.05) is 20.8 Å². The molecule has 2 aromatic rings. The third kappa shape index (κ3) is 4.29. The largest absolute Gasteiger partial charge is 0.443 e. The van der Waals surface area contributed by atoms with E-state index in [0.29, 0.717) is 22.7 Å². The van der Waals surface area contributed by atoms with E-state index in [4.69, 9.17) is 4.74 Å². The molecule has 0 bridgehead atoms. The highest BCUT2D eigenvalue weighted by atomic mass is 32.1. The van der Waals surface area contributed by atoms with Crippen LogP contribution >= 0.6 is 11.3 Å². The number of rotatable bonds is 5. The summed E-state index contributed by atoms with van der Waals surface area (Å²) in [6, 6.07) is -0.0206. The van der Waals surface area contributed by atoms with E-state index in [1.54, 1.807) is 25.3 Å². The normalized spacial score (nSPS) is 19.1. The first-order valence-corrected chi connectivity index (χ1v) is 10.7. The summed E-state index contributed by atoms with van der Waals surface area (Å²) in [5, 5.41) is 4.51. The third-order valence-electron chi connectivity index (χ3n) is 4.86. The van der Waals surface area contributed by atoms with Crippen LogP contribution in [0, 0.1) is 12.8 Å². The highest BCUT2D eigenvalue weighted by Gasteiger charge is 2.38. The second-order valence-electron chi connectivity index (χ2n) is 8.53. The lowest BCUT2D eigenvalue weighted by Gasteiger charge is -2.18. The Balaban J connectivity index is 2.02. The number of hydrazone groups is 1. The molecule has 29 heavy (non-hydrogen) atoms. The summed E-state index contributed by atoms with van der Waals surface area (Å²) in [7, 11) is 0. The highest BCUT2D eigenvalue weighted by molar-refractivity contribution is 7.20. The standard InChI is InChI=1S/C20H28N4O4S/c1-7-8-23-17-15(16(25)24(19(23)27)13-9-11(13)2)12(3)14(29-17)10-21-22-18(26)28-20(4,5)6/h10-11,13H,7-9H2,1-6H3,(H,22,26)/b21-10+/t11-,13-/m0/s1. The van der Waals surface area contributed by atoms with E-state index in [2.05, 4.69) is 10.5 Å². The van der Waals surface area contributed by atoms with Crippen LogP contribution in [0.4, 0.5) is 4.79 Å². The van der Waals surface area contributed by atoms with E-state index in [1.165, 1.54) is 22.1 Å². The number of hydrogen-bond acceptors (Lipinski definition) is 6. The van der Waals surface area contributed by atoms with Gasteiger partial charge in [0.25, 0.3) is 5.56 Å². The van der Waals surface area contributed by atoms with Gasteiger partial charge in [-0.25, -0.2) is 15.0 Å². The molecule has 1 aliphatic carbocycles. The smallest absolute Gasteiger partial charge is 0.428 e. The van der Waals surface area contributed by atoms with Crippen LogP contribution < -0.4 is 16.7 Å². The fourth-order valence-electron chi connectivity index (χ4n) is 3.32. The van der Waals surface area contributed by atoms with Gasteiger partial charge < -0.3 is 4.74 Å². The molecule has 9 heteroatoms. The van der Waals surface area contributed by atoms with Crippen LogP contribution in [0.5, 0.6) is 0 Å². The van der Waals surface area contributed by atoms with Crippen molar-refractivity contribution < 1.29 is 9.53 Å². The summed E-state index contributed by atoms with van der Waals surface area (Å²) in [5.41, 5.74) is 2.00. The maximum Gasteiger partial charge on any atom is 0.428 e. The minimum absolute atomic E-state index is 0.0206. The van der Waals surface area contributed by atoms with Gasteiger partial charge in [0, 0.05) is 12.6 Å². The Morgan fingerprint density at radius 1 is 1.38 bits per heavy atom. The number of thiophene rings is 1. The number of nitrogens with zero attached hydrogens (tertiary/aromatic N) is 3. The molecular weight excluding hydrogens is 392 g/mol. The quantitative estimate of drug-likeness (QED) is 0.593. The van der Waals surface area contributed by atoms with Gasteiger partial charge in [-0.1, -0.05) is 13.8 Å². The van der Waals surface area contributed by atoms with Gasteiger partial charge in [0.05, 0.1) is 16.5 Å². The molecule has 0 radical (unpaired) electrons. The van der Waals surface area contributed by atoms with Crippen molar-refractivity contribution in [3.63, 3.8) is 0 Å². The highest BCUT2D eigenvalue weighted by Crippen LogP contribution is 2.41. The number of aryl methyl sites for hydroxylation is 2. The molecule has 0 unspecified atom stereocenters. The van der Waals surface area contributed by atoms with E-state index in [0.717, 1.165) is 23.3 Å². The van der Waals surface area contributed by atoms with Crippen LogP contribution in [-0.2, 0) is 11.3 Å². The maximum atomic E-state index is 13.1. The second kappa shape index (κ2) is 7.78. The first kappa shape index (κ1) is 21.3. The van der Waals surface area contributed by atoms with Crippen LogP contribution in [0.1, 0.15) is 63.9 Å². The van der Waals surface area contributed by atoms with Crippen molar-refractivity contribution in [1.29, 1.82) is 0 Å². The fourth-order valence-corrected chi connectivity index (χ4v) is 4.52. The molecule has 8 nitrogen and oxygen atoms in total. The van der Waals surface area contributed by atoms with Crippen LogP contribution in [0.25, 0.3) is 10.2 Å². The van der Waals surface area contributed by atoms with Crippen molar-refractivity contribution in [2.45, 2.75) is 72.6 Å². The molecule has 2 heterocycles. The number of aromatic nitrogens is 2. The predicted molar refractivity (Wildman–Crippen MR) is 115 cm³/mol. The zero-order valence-corrected chi connectivity index (χ0v) is 18.6. The fraction of sp³-hybridized carbons (Fsp3) is 0.600. The molecule has 2 atom stereocenters. The van der Waals surface area contributed by atoms with Gasteiger partial charge in [-0.2, -0.15) is 5.10 Å². The van der Waals surface area contributed by atoms with Gasteiger partial charge in [-0.05, 0) is 52.0 Å². The minimum atomic E-state index is -0.652. The molecule has 0 saturated heterocycles. The number of ether oxygens (including phenoxy) is 1. The van der Waals surface area contributed by atoms with Crippen molar-refractivity contribution in [1.82, 2.24) is 14.6 Å². The number of nitrogens with one attached hydrogen (secondary N) is 1.